The van der Waals surface area contributed by atoms with Crippen LogP contribution >= 0.6 is 12.2 Å². The van der Waals surface area contributed by atoms with Crippen molar-refractivity contribution in [2.45, 2.75) is 0 Å². The van der Waals surface area contributed by atoms with E-state index in [0.717, 1.165) is 4.68 Å². The van der Waals surface area contributed by atoms with Crippen LogP contribution in [0.25, 0.3) is 11.3 Å². The Morgan fingerprint density at radius 3 is 2.65 bits per heavy atom. The Labute approximate surface area is 102 Å². The van der Waals surface area contributed by atoms with Crippen molar-refractivity contribution in [3.8, 4) is 17.0 Å². The van der Waals surface area contributed by atoms with E-state index >= 15 is 0 Å². The third-order valence-electron chi connectivity index (χ3n) is 2.27. The second kappa shape index (κ2) is 4.38. The van der Waals surface area contributed by atoms with Crippen LogP contribution in [0.1, 0.15) is 0 Å². The summed E-state index contributed by atoms with van der Waals surface area (Å²) in [6.45, 7) is 0. The number of nitrogens with two attached hydrogens (primary N) is 1. The van der Waals surface area contributed by atoms with E-state index in [-0.39, 0.29) is 10.5 Å². The van der Waals surface area contributed by atoms with Crippen LogP contribution in [0, 0.1) is 4.77 Å². The minimum atomic E-state index is -0.445. The first-order valence-electron chi connectivity index (χ1n) is 4.74. The maximum absolute atomic E-state index is 11.8. The summed E-state index contributed by atoms with van der Waals surface area (Å²) in [5.74, 6) is 6.18. The van der Waals surface area contributed by atoms with E-state index in [2.05, 4.69) is 10.2 Å². The third-order valence-corrected chi connectivity index (χ3v) is 2.55. The fourth-order valence-electron chi connectivity index (χ4n) is 1.35. The van der Waals surface area contributed by atoms with Crippen molar-refractivity contribution < 1.29 is 4.74 Å². The van der Waals surface area contributed by atoms with Gasteiger partial charge in [0.05, 0.1) is 7.11 Å². The lowest BCUT2D eigenvalue weighted by atomic mass is 10.1. The van der Waals surface area contributed by atoms with E-state index in [9.17, 15) is 4.79 Å². The van der Waals surface area contributed by atoms with Crippen LogP contribution in [0.5, 0.6) is 5.75 Å². The molecule has 0 saturated carbocycles. The van der Waals surface area contributed by atoms with Gasteiger partial charge in [0.15, 0.2) is 5.69 Å². The Morgan fingerprint density at radius 2 is 2.06 bits per heavy atom. The zero-order valence-corrected chi connectivity index (χ0v) is 9.82. The van der Waals surface area contributed by atoms with Crippen LogP contribution in [-0.2, 0) is 0 Å². The fourth-order valence-corrected chi connectivity index (χ4v) is 1.48. The van der Waals surface area contributed by atoms with Crippen molar-refractivity contribution in [3.63, 3.8) is 0 Å². The van der Waals surface area contributed by atoms with Crippen molar-refractivity contribution in [2.75, 3.05) is 13.0 Å². The summed E-state index contributed by atoms with van der Waals surface area (Å²) in [4.78, 5) is 11.8. The third kappa shape index (κ3) is 2.04. The Morgan fingerprint density at radius 1 is 1.41 bits per heavy atom. The van der Waals surface area contributed by atoms with Crippen molar-refractivity contribution in [2.24, 2.45) is 0 Å². The number of aromatic amines is 1. The first kappa shape index (κ1) is 11.3. The molecule has 0 aliphatic carbocycles. The maximum Gasteiger partial charge on any atom is 0.299 e. The summed E-state index contributed by atoms with van der Waals surface area (Å²) < 4.78 is 5.95. The summed E-state index contributed by atoms with van der Waals surface area (Å²) in [6.07, 6.45) is 0. The Hall–Kier alpha value is -2.15. The molecule has 0 amide bonds. The number of nitrogens with zero attached hydrogens (tertiary/aromatic N) is 2. The van der Waals surface area contributed by atoms with Gasteiger partial charge in [-0.25, -0.2) is 0 Å². The molecule has 0 unspecified atom stereocenters. The van der Waals surface area contributed by atoms with Gasteiger partial charge in [-0.3, -0.25) is 9.89 Å². The lowest BCUT2D eigenvalue weighted by Crippen LogP contribution is -2.30. The summed E-state index contributed by atoms with van der Waals surface area (Å²) in [7, 11) is 1.57. The Bertz CT molecular complexity index is 645. The van der Waals surface area contributed by atoms with Gasteiger partial charge in [-0.05, 0) is 36.5 Å². The second-order valence-electron chi connectivity index (χ2n) is 3.28. The highest BCUT2D eigenvalue weighted by atomic mass is 32.1. The van der Waals surface area contributed by atoms with Gasteiger partial charge < -0.3 is 10.6 Å². The molecule has 6 nitrogen and oxygen atoms in total. The molecule has 0 aliphatic rings. The summed E-state index contributed by atoms with van der Waals surface area (Å²) in [5, 5.41) is 6.39. The van der Waals surface area contributed by atoms with Gasteiger partial charge in [0.2, 0.25) is 4.77 Å². The van der Waals surface area contributed by atoms with Gasteiger partial charge in [-0.15, -0.1) is 0 Å². The van der Waals surface area contributed by atoms with E-state index in [0.29, 0.717) is 11.3 Å². The number of nitrogens with one attached hydrogen (secondary N) is 1. The average molecular weight is 250 g/mol. The molecule has 0 saturated heterocycles. The van der Waals surface area contributed by atoms with E-state index in [1.54, 1.807) is 31.4 Å². The van der Waals surface area contributed by atoms with Crippen LogP contribution < -0.4 is 16.1 Å². The van der Waals surface area contributed by atoms with Crippen molar-refractivity contribution in [1.82, 2.24) is 14.9 Å². The molecule has 0 aliphatic heterocycles. The normalized spacial score (nSPS) is 10.2. The molecule has 7 heteroatoms. The second-order valence-corrected chi connectivity index (χ2v) is 3.67. The van der Waals surface area contributed by atoms with E-state index in [4.69, 9.17) is 22.8 Å². The molecule has 2 rings (SSSR count). The predicted molar refractivity (Wildman–Crippen MR) is 65.8 cm³/mol. The lowest BCUT2D eigenvalue weighted by molar-refractivity contribution is 0.415. The zero-order chi connectivity index (χ0) is 12.4. The highest BCUT2D eigenvalue weighted by Crippen LogP contribution is 2.17. The summed E-state index contributed by atoms with van der Waals surface area (Å²) in [6, 6.07) is 6.91. The number of methoxy groups -OCH3 is 1. The van der Waals surface area contributed by atoms with Gasteiger partial charge >= 0.3 is 0 Å². The van der Waals surface area contributed by atoms with Gasteiger partial charge in [-0.2, -0.15) is 9.77 Å². The Balaban J connectivity index is 2.57. The number of ether oxygens (including phenoxy) is 1. The molecule has 17 heavy (non-hydrogen) atoms. The molecule has 0 fully saturated rings. The zero-order valence-electron chi connectivity index (χ0n) is 9.01. The number of nitrogen functional groups attached to an aromatic ring is 1. The van der Waals surface area contributed by atoms with Crippen molar-refractivity contribution >= 4 is 12.2 Å². The quantitative estimate of drug-likeness (QED) is 0.605. The van der Waals surface area contributed by atoms with Crippen molar-refractivity contribution in [3.05, 3.63) is 39.4 Å². The molecule has 3 N–H and O–H groups in total. The molecule has 1 heterocycles. The van der Waals surface area contributed by atoms with E-state index < -0.39 is 5.56 Å². The Kier molecular flexibility index (Phi) is 2.92. The molecule has 88 valence electrons. The maximum atomic E-state index is 11.8. The van der Waals surface area contributed by atoms with Crippen LogP contribution in [0.4, 0.5) is 0 Å². The number of benzene rings is 1. The molecule has 0 bridgehead atoms. The number of rotatable bonds is 2. The van der Waals surface area contributed by atoms with Crippen LogP contribution in [0.2, 0.25) is 0 Å². The first-order chi connectivity index (χ1) is 8.13. The lowest BCUT2D eigenvalue weighted by Gasteiger charge is -2.03. The first-order valence-corrected chi connectivity index (χ1v) is 5.15. The minimum Gasteiger partial charge on any atom is -0.497 e. The molecule has 0 atom stereocenters. The molecule has 1 aromatic heterocycles. The number of hydrogen-bond acceptors (Lipinski definition) is 5. The number of hydrogen-bond donors (Lipinski definition) is 2. The molecule has 0 radical (unpaired) electrons. The van der Waals surface area contributed by atoms with Crippen LogP contribution in [-0.4, -0.2) is 22.0 Å². The summed E-state index contributed by atoms with van der Waals surface area (Å²) in [5.41, 5.74) is 0.406. The van der Waals surface area contributed by atoms with Gasteiger partial charge in [0.1, 0.15) is 5.75 Å². The average Bonchev–Trinajstić information content (AvgIpc) is 2.36. The van der Waals surface area contributed by atoms with Gasteiger partial charge in [0, 0.05) is 5.56 Å². The minimum absolute atomic E-state index is 0.0762. The van der Waals surface area contributed by atoms with E-state index in [1.165, 1.54) is 0 Å². The fraction of sp³-hybridized carbons (Fsp3) is 0.100. The molecular formula is C10H10N4O2S. The topological polar surface area (TPSA) is 85.9 Å². The van der Waals surface area contributed by atoms with Crippen LogP contribution in [0.15, 0.2) is 29.1 Å². The largest absolute Gasteiger partial charge is 0.497 e. The smallest absolute Gasteiger partial charge is 0.299 e. The SMILES string of the molecule is COc1ccc(-c2n[nH]c(=S)n(N)c2=O)cc1. The predicted octanol–water partition coefficient (Wildman–Crippen LogP) is 0.690. The monoisotopic (exact) mass is 250 g/mol. The standard InChI is InChI=1S/C10H10N4O2S/c1-16-7-4-2-6(3-5-7)8-9(15)14(11)10(17)13-12-8/h2-5H,11H2,1H3,(H,13,17). The van der Waals surface area contributed by atoms with E-state index in [1.807, 2.05) is 0 Å². The highest BCUT2D eigenvalue weighted by Gasteiger charge is 2.07. The highest BCUT2D eigenvalue weighted by molar-refractivity contribution is 7.71. The van der Waals surface area contributed by atoms with Crippen LogP contribution in [0.3, 0.4) is 0 Å². The van der Waals surface area contributed by atoms with Gasteiger partial charge in [-0.1, -0.05) is 0 Å². The number of H-pyrrole nitrogens is 1. The molecule has 1 aromatic carbocycles. The summed E-state index contributed by atoms with van der Waals surface area (Å²) >= 11 is 4.79. The molecular weight excluding hydrogens is 240 g/mol. The number of aromatic nitrogens is 3. The van der Waals surface area contributed by atoms with Gasteiger partial charge in [0.25, 0.3) is 5.56 Å². The molecule has 0 spiro atoms. The van der Waals surface area contributed by atoms with Crippen molar-refractivity contribution in [1.29, 1.82) is 0 Å². The molecule has 2 aromatic rings.